The highest BCUT2D eigenvalue weighted by Crippen LogP contribution is 2.21. The average Bonchev–Trinajstić information content (AvgIpc) is 2.44. The molecule has 0 aliphatic carbocycles. The van der Waals surface area contributed by atoms with E-state index in [1.165, 1.54) is 0 Å². The van der Waals surface area contributed by atoms with E-state index >= 15 is 0 Å². The van der Waals surface area contributed by atoms with Crippen LogP contribution in [0.2, 0.25) is 0 Å². The molecule has 1 rings (SSSR count). The lowest BCUT2D eigenvalue weighted by Crippen LogP contribution is -2.31. The van der Waals surface area contributed by atoms with E-state index in [4.69, 9.17) is 9.47 Å². The third-order valence-corrected chi connectivity index (χ3v) is 3.10. The van der Waals surface area contributed by atoms with E-state index in [1.54, 1.807) is 13.2 Å². The number of rotatable bonds is 7. The van der Waals surface area contributed by atoms with E-state index in [9.17, 15) is 4.79 Å². The van der Waals surface area contributed by atoms with Gasteiger partial charge in [-0.3, -0.25) is 4.79 Å². The number of ether oxygens (including phenoxy) is 2. The number of nitrogens with one attached hydrogen (secondary N) is 1. The second-order valence-electron chi connectivity index (χ2n) is 5.17. The molecule has 0 aliphatic heterocycles. The Morgan fingerprint density at radius 2 is 2.00 bits per heavy atom. The summed E-state index contributed by atoms with van der Waals surface area (Å²) in [5, 5.41) is 2.95. The van der Waals surface area contributed by atoms with Gasteiger partial charge >= 0.3 is 0 Å². The van der Waals surface area contributed by atoms with Gasteiger partial charge < -0.3 is 14.8 Å². The van der Waals surface area contributed by atoms with Gasteiger partial charge in [-0.1, -0.05) is 6.92 Å². The fourth-order valence-electron chi connectivity index (χ4n) is 1.70. The normalized spacial score (nSPS) is 12.3. The molecule has 0 aliphatic rings. The fraction of sp³-hybridized carbons (Fsp3) is 0.562. The maximum Gasteiger partial charge on any atom is 0.251 e. The number of hydrogen-bond acceptors (Lipinski definition) is 3. The predicted molar refractivity (Wildman–Crippen MR) is 80.1 cm³/mol. The highest BCUT2D eigenvalue weighted by atomic mass is 16.5. The van der Waals surface area contributed by atoms with Crippen LogP contribution in [0.15, 0.2) is 18.2 Å². The van der Waals surface area contributed by atoms with Crippen LogP contribution in [0.25, 0.3) is 0 Å². The molecule has 1 aromatic carbocycles. The molecule has 1 amide bonds. The minimum atomic E-state index is -0.0622. The van der Waals surface area contributed by atoms with E-state index in [0.717, 1.165) is 17.7 Å². The molecule has 0 unspecified atom stereocenters. The molecule has 0 saturated heterocycles. The SMILES string of the molecule is CC[C@@H](C)NC(=O)c1ccc(OC)c(COC(C)C)c1. The Morgan fingerprint density at radius 1 is 1.30 bits per heavy atom. The number of amides is 1. The minimum absolute atomic E-state index is 0.0622. The highest BCUT2D eigenvalue weighted by Gasteiger charge is 2.12. The van der Waals surface area contributed by atoms with Crippen LogP contribution in [0, 0.1) is 0 Å². The van der Waals surface area contributed by atoms with Gasteiger partial charge in [0.15, 0.2) is 0 Å². The molecule has 0 bridgehead atoms. The Bertz CT molecular complexity index is 443. The molecule has 0 saturated carbocycles. The van der Waals surface area contributed by atoms with Gasteiger partial charge in [0, 0.05) is 17.2 Å². The van der Waals surface area contributed by atoms with E-state index in [2.05, 4.69) is 5.32 Å². The first-order valence-electron chi connectivity index (χ1n) is 7.07. The van der Waals surface area contributed by atoms with Gasteiger partial charge in [-0.15, -0.1) is 0 Å². The monoisotopic (exact) mass is 279 g/mol. The molecule has 0 fully saturated rings. The van der Waals surface area contributed by atoms with Crippen molar-refractivity contribution in [3.8, 4) is 5.75 Å². The van der Waals surface area contributed by atoms with Crippen molar-refractivity contribution in [2.75, 3.05) is 7.11 Å². The molecule has 4 heteroatoms. The quantitative estimate of drug-likeness (QED) is 0.834. The van der Waals surface area contributed by atoms with E-state index in [-0.39, 0.29) is 18.1 Å². The summed E-state index contributed by atoms with van der Waals surface area (Å²) >= 11 is 0. The first kappa shape index (κ1) is 16.5. The summed E-state index contributed by atoms with van der Waals surface area (Å²) < 4.78 is 10.9. The first-order chi connectivity index (χ1) is 9.47. The van der Waals surface area contributed by atoms with Gasteiger partial charge in [0.2, 0.25) is 0 Å². The molecule has 1 atom stereocenters. The van der Waals surface area contributed by atoms with Gasteiger partial charge in [-0.05, 0) is 45.4 Å². The number of benzene rings is 1. The van der Waals surface area contributed by atoms with Crippen molar-refractivity contribution in [1.82, 2.24) is 5.32 Å². The van der Waals surface area contributed by atoms with Crippen molar-refractivity contribution in [2.24, 2.45) is 0 Å². The maximum atomic E-state index is 12.1. The van der Waals surface area contributed by atoms with Crippen molar-refractivity contribution in [3.63, 3.8) is 0 Å². The number of carbonyl (C=O) groups is 1. The van der Waals surface area contributed by atoms with Crippen molar-refractivity contribution >= 4 is 5.91 Å². The van der Waals surface area contributed by atoms with Crippen molar-refractivity contribution in [1.29, 1.82) is 0 Å². The molecule has 1 aromatic rings. The van der Waals surface area contributed by atoms with Crippen LogP contribution in [-0.4, -0.2) is 25.2 Å². The third kappa shape index (κ3) is 4.85. The van der Waals surface area contributed by atoms with Crippen molar-refractivity contribution < 1.29 is 14.3 Å². The van der Waals surface area contributed by atoms with E-state index < -0.39 is 0 Å². The van der Waals surface area contributed by atoms with Crippen LogP contribution in [0.4, 0.5) is 0 Å². The summed E-state index contributed by atoms with van der Waals surface area (Å²) in [7, 11) is 1.62. The highest BCUT2D eigenvalue weighted by molar-refractivity contribution is 5.94. The number of methoxy groups -OCH3 is 1. The average molecular weight is 279 g/mol. The summed E-state index contributed by atoms with van der Waals surface area (Å²) in [5.41, 5.74) is 1.52. The zero-order valence-electron chi connectivity index (χ0n) is 13.0. The Labute approximate surface area is 121 Å². The molecular weight excluding hydrogens is 254 g/mol. The summed E-state index contributed by atoms with van der Waals surface area (Å²) in [6.45, 7) is 8.42. The zero-order chi connectivity index (χ0) is 15.1. The van der Waals surface area contributed by atoms with Crippen LogP contribution in [0.3, 0.4) is 0 Å². The standard InChI is InChI=1S/C16H25NO3/c1-6-12(4)17-16(18)13-7-8-15(19-5)14(9-13)10-20-11(2)3/h7-9,11-12H,6,10H2,1-5H3,(H,17,18)/t12-/m1/s1. The lowest BCUT2D eigenvalue weighted by molar-refractivity contribution is 0.0644. The van der Waals surface area contributed by atoms with Crippen LogP contribution in [0.1, 0.15) is 50.0 Å². The first-order valence-corrected chi connectivity index (χ1v) is 7.07. The van der Waals surface area contributed by atoms with Crippen LogP contribution in [-0.2, 0) is 11.3 Å². The van der Waals surface area contributed by atoms with Crippen molar-refractivity contribution in [3.05, 3.63) is 29.3 Å². The van der Waals surface area contributed by atoms with Crippen molar-refractivity contribution in [2.45, 2.75) is 52.9 Å². The maximum absolute atomic E-state index is 12.1. The minimum Gasteiger partial charge on any atom is -0.496 e. The molecule has 112 valence electrons. The summed E-state index contributed by atoms with van der Waals surface area (Å²) in [6, 6.07) is 5.58. The molecule has 0 spiro atoms. The zero-order valence-corrected chi connectivity index (χ0v) is 13.0. The van der Waals surface area contributed by atoms with Gasteiger partial charge in [0.25, 0.3) is 5.91 Å². The fourth-order valence-corrected chi connectivity index (χ4v) is 1.70. The number of carbonyl (C=O) groups excluding carboxylic acids is 1. The summed E-state index contributed by atoms with van der Waals surface area (Å²) in [5.74, 6) is 0.679. The number of hydrogen-bond donors (Lipinski definition) is 1. The largest absolute Gasteiger partial charge is 0.496 e. The lowest BCUT2D eigenvalue weighted by atomic mass is 10.1. The van der Waals surface area contributed by atoms with Gasteiger partial charge in [-0.25, -0.2) is 0 Å². The predicted octanol–water partition coefficient (Wildman–Crippen LogP) is 3.15. The molecule has 0 heterocycles. The van der Waals surface area contributed by atoms with Gasteiger partial charge in [0.1, 0.15) is 5.75 Å². The Balaban J connectivity index is 2.88. The van der Waals surface area contributed by atoms with E-state index in [1.807, 2.05) is 39.8 Å². The Kier molecular flexibility index (Phi) is 6.52. The topological polar surface area (TPSA) is 47.6 Å². The molecule has 1 N–H and O–H groups in total. The van der Waals surface area contributed by atoms with Crippen LogP contribution < -0.4 is 10.1 Å². The molecule has 0 aromatic heterocycles. The third-order valence-electron chi connectivity index (χ3n) is 3.10. The summed E-state index contributed by atoms with van der Waals surface area (Å²) in [6.07, 6.45) is 1.04. The van der Waals surface area contributed by atoms with Crippen LogP contribution in [0.5, 0.6) is 5.75 Å². The molecule has 4 nitrogen and oxygen atoms in total. The smallest absolute Gasteiger partial charge is 0.251 e. The summed E-state index contributed by atoms with van der Waals surface area (Å²) in [4.78, 5) is 12.1. The van der Waals surface area contributed by atoms with Gasteiger partial charge in [0.05, 0.1) is 19.8 Å². The molecule has 0 radical (unpaired) electrons. The second kappa shape index (κ2) is 7.90. The Morgan fingerprint density at radius 3 is 2.55 bits per heavy atom. The Hall–Kier alpha value is -1.55. The van der Waals surface area contributed by atoms with Gasteiger partial charge in [-0.2, -0.15) is 0 Å². The van der Waals surface area contributed by atoms with Crippen LogP contribution >= 0.6 is 0 Å². The lowest BCUT2D eigenvalue weighted by Gasteiger charge is -2.15. The second-order valence-corrected chi connectivity index (χ2v) is 5.17. The van der Waals surface area contributed by atoms with E-state index in [0.29, 0.717) is 12.2 Å². The molecule has 20 heavy (non-hydrogen) atoms. The molecular formula is C16H25NO3.